The van der Waals surface area contributed by atoms with Gasteiger partial charge in [0.1, 0.15) is 5.75 Å². The SMILES string of the molecule is COc1ccc(CCC(=O)Nc2ccccc2C(=O)OCC(=O)Nc2c(C)cc(C)cc2Cl)cc1. The number of rotatable bonds is 9. The van der Waals surface area contributed by atoms with Crippen molar-refractivity contribution in [2.24, 2.45) is 0 Å². The van der Waals surface area contributed by atoms with E-state index in [-0.39, 0.29) is 17.9 Å². The molecule has 182 valence electrons. The molecule has 0 bridgehead atoms. The lowest BCUT2D eigenvalue weighted by atomic mass is 10.1. The van der Waals surface area contributed by atoms with E-state index in [0.29, 0.717) is 22.8 Å². The van der Waals surface area contributed by atoms with E-state index in [2.05, 4.69) is 10.6 Å². The van der Waals surface area contributed by atoms with Crippen LogP contribution in [0.1, 0.15) is 33.5 Å². The monoisotopic (exact) mass is 494 g/mol. The first-order chi connectivity index (χ1) is 16.8. The summed E-state index contributed by atoms with van der Waals surface area (Å²) in [6, 6.07) is 17.6. The lowest BCUT2D eigenvalue weighted by molar-refractivity contribution is -0.119. The lowest BCUT2D eigenvalue weighted by Crippen LogP contribution is -2.22. The Balaban J connectivity index is 1.56. The number of hydrogen-bond donors (Lipinski definition) is 2. The van der Waals surface area contributed by atoms with Crippen molar-refractivity contribution >= 4 is 40.8 Å². The molecule has 3 aromatic carbocycles. The predicted octanol–water partition coefficient (Wildman–Crippen LogP) is 5.33. The second kappa shape index (κ2) is 12.0. The Morgan fingerprint density at radius 1 is 0.914 bits per heavy atom. The summed E-state index contributed by atoms with van der Waals surface area (Å²) in [6.45, 7) is 3.23. The number of para-hydroxylation sites is 1. The zero-order valence-electron chi connectivity index (χ0n) is 19.8. The van der Waals surface area contributed by atoms with Crippen molar-refractivity contribution in [3.63, 3.8) is 0 Å². The maximum Gasteiger partial charge on any atom is 0.340 e. The Morgan fingerprint density at radius 3 is 2.31 bits per heavy atom. The van der Waals surface area contributed by atoms with Gasteiger partial charge in [-0.3, -0.25) is 9.59 Å². The molecule has 3 rings (SSSR count). The minimum Gasteiger partial charge on any atom is -0.497 e. The van der Waals surface area contributed by atoms with Crippen LogP contribution in [0.4, 0.5) is 11.4 Å². The van der Waals surface area contributed by atoms with Gasteiger partial charge in [0.2, 0.25) is 5.91 Å². The van der Waals surface area contributed by atoms with Crippen molar-refractivity contribution in [2.45, 2.75) is 26.7 Å². The van der Waals surface area contributed by atoms with Gasteiger partial charge in [-0.05, 0) is 67.3 Å². The molecule has 35 heavy (non-hydrogen) atoms. The quantitative estimate of drug-likeness (QED) is 0.392. The summed E-state index contributed by atoms with van der Waals surface area (Å²) in [5.41, 5.74) is 3.71. The van der Waals surface area contributed by atoms with Crippen LogP contribution in [0.5, 0.6) is 5.75 Å². The summed E-state index contributed by atoms with van der Waals surface area (Å²) >= 11 is 6.22. The summed E-state index contributed by atoms with van der Waals surface area (Å²) in [5, 5.41) is 5.83. The normalized spacial score (nSPS) is 10.4. The third-order valence-corrected chi connectivity index (χ3v) is 5.55. The summed E-state index contributed by atoms with van der Waals surface area (Å²) in [7, 11) is 1.60. The highest BCUT2D eigenvalue weighted by Gasteiger charge is 2.17. The Labute approximate surface area is 209 Å². The fourth-order valence-electron chi connectivity index (χ4n) is 3.49. The molecule has 0 unspecified atom stereocenters. The number of esters is 1. The molecule has 0 atom stereocenters. The van der Waals surface area contributed by atoms with E-state index in [1.54, 1.807) is 31.4 Å². The van der Waals surface area contributed by atoms with Gasteiger partial charge in [0, 0.05) is 6.42 Å². The number of amides is 2. The summed E-state index contributed by atoms with van der Waals surface area (Å²) in [4.78, 5) is 37.4. The standard InChI is InChI=1S/C27H27ClN2O5/c1-17-14-18(2)26(22(28)15-17)30-25(32)16-35-27(33)21-6-4-5-7-23(21)29-24(31)13-10-19-8-11-20(34-3)12-9-19/h4-9,11-12,14-15H,10,13,16H2,1-3H3,(H,29,31)(H,30,32). The van der Waals surface area contributed by atoms with Gasteiger partial charge in [-0.15, -0.1) is 0 Å². The zero-order valence-corrected chi connectivity index (χ0v) is 20.6. The molecule has 0 aromatic heterocycles. The molecule has 3 aromatic rings. The van der Waals surface area contributed by atoms with Gasteiger partial charge in [-0.1, -0.05) is 41.9 Å². The molecule has 0 radical (unpaired) electrons. The van der Waals surface area contributed by atoms with Gasteiger partial charge in [-0.2, -0.15) is 0 Å². The second-order valence-corrected chi connectivity index (χ2v) is 8.41. The molecule has 2 N–H and O–H groups in total. The number of anilines is 2. The highest BCUT2D eigenvalue weighted by molar-refractivity contribution is 6.34. The number of benzene rings is 3. The number of methoxy groups -OCH3 is 1. The molecule has 7 nitrogen and oxygen atoms in total. The minimum absolute atomic E-state index is 0.155. The molecule has 0 saturated carbocycles. The van der Waals surface area contributed by atoms with Crippen molar-refractivity contribution in [3.05, 3.63) is 87.9 Å². The Morgan fingerprint density at radius 2 is 1.63 bits per heavy atom. The Bertz CT molecular complexity index is 1200. The lowest BCUT2D eigenvalue weighted by Gasteiger charge is -2.13. The molecular weight excluding hydrogens is 468 g/mol. The van der Waals surface area contributed by atoms with Crippen LogP contribution in [-0.2, 0) is 20.7 Å². The van der Waals surface area contributed by atoms with Crippen molar-refractivity contribution in [1.29, 1.82) is 0 Å². The first-order valence-corrected chi connectivity index (χ1v) is 11.4. The molecule has 8 heteroatoms. The zero-order chi connectivity index (χ0) is 25.4. The van der Waals surface area contributed by atoms with Crippen LogP contribution in [0, 0.1) is 13.8 Å². The van der Waals surface area contributed by atoms with E-state index in [4.69, 9.17) is 21.1 Å². The van der Waals surface area contributed by atoms with Crippen LogP contribution in [0.2, 0.25) is 5.02 Å². The van der Waals surface area contributed by atoms with E-state index < -0.39 is 18.5 Å². The van der Waals surface area contributed by atoms with E-state index >= 15 is 0 Å². The molecule has 0 aliphatic rings. The molecule has 0 spiro atoms. The van der Waals surface area contributed by atoms with Crippen LogP contribution in [0.15, 0.2) is 60.7 Å². The van der Waals surface area contributed by atoms with Crippen LogP contribution in [0.3, 0.4) is 0 Å². The number of carbonyl (C=O) groups is 3. The molecule has 0 aliphatic carbocycles. The van der Waals surface area contributed by atoms with Gasteiger partial charge in [0.05, 0.1) is 29.1 Å². The number of aryl methyl sites for hydroxylation is 3. The van der Waals surface area contributed by atoms with E-state index in [1.165, 1.54) is 6.07 Å². The fourth-order valence-corrected chi connectivity index (χ4v) is 3.86. The van der Waals surface area contributed by atoms with E-state index in [0.717, 1.165) is 22.4 Å². The predicted molar refractivity (Wildman–Crippen MR) is 136 cm³/mol. The summed E-state index contributed by atoms with van der Waals surface area (Å²) in [5.74, 6) is -0.745. The topological polar surface area (TPSA) is 93.7 Å². The number of nitrogens with one attached hydrogen (secondary N) is 2. The second-order valence-electron chi connectivity index (χ2n) is 8.00. The maximum atomic E-state index is 12.6. The average molecular weight is 495 g/mol. The minimum atomic E-state index is -0.724. The summed E-state index contributed by atoms with van der Waals surface area (Å²) < 4.78 is 10.3. The van der Waals surface area contributed by atoms with Crippen molar-refractivity contribution < 1.29 is 23.9 Å². The van der Waals surface area contributed by atoms with Crippen molar-refractivity contribution in [3.8, 4) is 5.75 Å². The van der Waals surface area contributed by atoms with E-state index in [1.807, 2.05) is 44.2 Å². The smallest absolute Gasteiger partial charge is 0.340 e. The molecule has 0 heterocycles. The molecular formula is C27H27ClN2O5. The fraction of sp³-hybridized carbons (Fsp3) is 0.222. The molecule has 0 fully saturated rings. The maximum absolute atomic E-state index is 12.6. The first-order valence-electron chi connectivity index (χ1n) is 11.0. The van der Waals surface area contributed by atoms with E-state index in [9.17, 15) is 14.4 Å². The van der Waals surface area contributed by atoms with Gasteiger partial charge < -0.3 is 20.1 Å². The average Bonchev–Trinajstić information content (AvgIpc) is 2.84. The number of hydrogen-bond acceptors (Lipinski definition) is 5. The van der Waals surface area contributed by atoms with Crippen molar-refractivity contribution in [2.75, 3.05) is 24.4 Å². The van der Waals surface area contributed by atoms with Crippen LogP contribution in [0.25, 0.3) is 0 Å². The number of ether oxygens (including phenoxy) is 2. The van der Waals surface area contributed by atoms with Gasteiger partial charge in [-0.25, -0.2) is 4.79 Å². The largest absolute Gasteiger partial charge is 0.497 e. The molecule has 0 saturated heterocycles. The van der Waals surface area contributed by atoms with Crippen LogP contribution in [-0.4, -0.2) is 31.5 Å². The molecule has 2 amide bonds. The van der Waals surface area contributed by atoms with Gasteiger partial charge in [0.15, 0.2) is 6.61 Å². The third kappa shape index (κ3) is 7.32. The van der Waals surface area contributed by atoms with Gasteiger partial charge in [0.25, 0.3) is 5.91 Å². The van der Waals surface area contributed by atoms with Crippen molar-refractivity contribution in [1.82, 2.24) is 0 Å². The highest BCUT2D eigenvalue weighted by Crippen LogP contribution is 2.27. The Kier molecular flexibility index (Phi) is 8.86. The number of carbonyl (C=O) groups excluding carboxylic acids is 3. The van der Waals surface area contributed by atoms with Crippen LogP contribution < -0.4 is 15.4 Å². The highest BCUT2D eigenvalue weighted by atomic mass is 35.5. The van der Waals surface area contributed by atoms with Crippen LogP contribution >= 0.6 is 11.6 Å². The Hall–Kier alpha value is -3.84. The van der Waals surface area contributed by atoms with Gasteiger partial charge >= 0.3 is 5.97 Å². The molecule has 0 aliphatic heterocycles. The summed E-state index contributed by atoms with van der Waals surface area (Å²) in [6.07, 6.45) is 0.762. The first kappa shape index (κ1) is 25.8. The third-order valence-electron chi connectivity index (χ3n) is 5.25. The number of halogens is 1.